The molecule has 2 unspecified atom stereocenters. The van der Waals surface area contributed by atoms with Gasteiger partial charge in [0.15, 0.2) is 0 Å². The molecule has 0 aromatic heterocycles. The molecule has 0 saturated heterocycles. The molecule has 2 atom stereocenters. The molecule has 90 valence electrons. The first kappa shape index (κ1) is 13.7. The zero-order valence-electron chi connectivity index (χ0n) is 10.1. The van der Waals surface area contributed by atoms with Gasteiger partial charge in [0.25, 0.3) is 0 Å². The highest BCUT2D eigenvalue weighted by Crippen LogP contribution is 2.28. The molecule has 0 aliphatic carbocycles. The van der Waals surface area contributed by atoms with Gasteiger partial charge in [0, 0.05) is 6.04 Å². The minimum atomic E-state index is -0.207. The number of nitrogens with one attached hydrogen (secondary N) is 1. The third kappa shape index (κ3) is 3.29. The van der Waals surface area contributed by atoms with Crippen LogP contribution >= 0.6 is 15.9 Å². The van der Waals surface area contributed by atoms with Crippen molar-refractivity contribution < 1.29 is 4.39 Å². The highest BCUT2D eigenvalue weighted by atomic mass is 79.9. The van der Waals surface area contributed by atoms with E-state index in [1.807, 2.05) is 19.2 Å². The molecule has 0 heterocycles. The Balaban J connectivity index is 2.90. The lowest BCUT2D eigenvalue weighted by Crippen LogP contribution is -2.23. The Kier molecular flexibility index (Phi) is 5.42. The Bertz CT molecular complexity index is 341. The lowest BCUT2D eigenvalue weighted by atomic mass is 9.91. The predicted molar refractivity (Wildman–Crippen MR) is 70.0 cm³/mol. The van der Waals surface area contributed by atoms with Crippen molar-refractivity contribution in [1.29, 1.82) is 0 Å². The summed E-state index contributed by atoms with van der Waals surface area (Å²) in [5.74, 6) is 0.342. The summed E-state index contributed by atoms with van der Waals surface area (Å²) in [6.07, 6.45) is 2.34. The molecule has 0 radical (unpaired) electrons. The van der Waals surface area contributed by atoms with Gasteiger partial charge >= 0.3 is 0 Å². The van der Waals surface area contributed by atoms with Crippen LogP contribution in [-0.4, -0.2) is 7.05 Å². The van der Waals surface area contributed by atoms with E-state index in [-0.39, 0.29) is 11.9 Å². The molecule has 1 rings (SSSR count). The van der Waals surface area contributed by atoms with Crippen molar-refractivity contribution in [2.24, 2.45) is 5.92 Å². The summed E-state index contributed by atoms with van der Waals surface area (Å²) in [6, 6.07) is 5.52. The largest absolute Gasteiger partial charge is 0.313 e. The minimum absolute atomic E-state index is 0.207. The van der Waals surface area contributed by atoms with Crippen LogP contribution in [0.2, 0.25) is 0 Å². The van der Waals surface area contributed by atoms with Crippen LogP contribution in [0.4, 0.5) is 4.39 Å². The molecule has 0 aliphatic heterocycles. The van der Waals surface area contributed by atoms with E-state index >= 15 is 0 Å². The van der Waals surface area contributed by atoms with E-state index in [0.29, 0.717) is 10.4 Å². The average molecular weight is 288 g/mol. The van der Waals surface area contributed by atoms with Gasteiger partial charge in [0.1, 0.15) is 5.82 Å². The molecule has 1 aromatic carbocycles. The van der Waals surface area contributed by atoms with Crippen LogP contribution in [0, 0.1) is 11.7 Å². The molecule has 0 aliphatic rings. The van der Waals surface area contributed by atoms with Gasteiger partial charge < -0.3 is 5.32 Å². The van der Waals surface area contributed by atoms with Crippen molar-refractivity contribution in [1.82, 2.24) is 5.32 Å². The number of halogens is 2. The highest BCUT2D eigenvalue weighted by Gasteiger charge is 2.17. The molecule has 1 N–H and O–H groups in total. The van der Waals surface area contributed by atoms with Crippen molar-refractivity contribution in [3.8, 4) is 0 Å². The fourth-order valence-corrected chi connectivity index (χ4v) is 2.50. The number of hydrogen-bond donors (Lipinski definition) is 1. The first-order valence-electron chi connectivity index (χ1n) is 5.72. The van der Waals surface area contributed by atoms with Crippen molar-refractivity contribution in [2.45, 2.75) is 32.7 Å². The standard InChI is InChI=1S/C13H19BrFN/c1-4-5-9(2)13(16-3)10-6-7-12(15)11(14)8-10/h6-9,13,16H,4-5H2,1-3H3. The summed E-state index contributed by atoms with van der Waals surface area (Å²) in [5.41, 5.74) is 1.14. The molecule has 0 amide bonds. The second kappa shape index (κ2) is 6.36. The average Bonchev–Trinajstić information content (AvgIpc) is 2.25. The number of rotatable bonds is 5. The summed E-state index contributed by atoms with van der Waals surface area (Å²) in [4.78, 5) is 0. The predicted octanol–water partition coefficient (Wildman–Crippen LogP) is 4.28. The second-order valence-electron chi connectivity index (χ2n) is 4.21. The first-order chi connectivity index (χ1) is 7.60. The summed E-state index contributed by atoms with van der Waals surface area (Å²) < 4.78 is 13.7. The molecular formula is C13H19BrFN. The molecule has 0 spiro atoms. The zero-order chi connectivity index (χ0) is 12.1. The van der Waals surface area contributed by atoms with Crippen molar-refractivity contribution in [3.63, 3.8) is 0 Å². The lowest BCUT2D eigenvalue weighted by Gasteiger charge is -2.24. The second-order valence-corrected chi connectivity index (χ2v) is 5.06. The van der Waals surface area contributed by atoms with Gasteiger partial charge in [-0.25, -0.2) is 4.39 Å². The molecule has 16 heavy (non-hydrogen) atoms. The van der Waals surface area contributed by atoms with Crippen molar-refractivity contribution in [2.75, 3.05) is 7.05 Å². The third-order valence-electron chi connectivity index (χ3n) is 2.93. The van der Waals surface area contributed by atoms with E-state index in [2.05, 4.69) is 35.1 Å². The van der Waals surface area contributed by atoms with Crippen LogP contribution in [0.5, 0.6) is 0 Å². The van der Waals surface area contributed by atoms with Gasteiger partial charge in [-0.2, -0.15) is 0 Å². The first-order valence-corrected chi connectivity index (χ1v) is 6.51. The Hall–Kier alpha value is -0.410. The van der Waals surface area contributed by atoms with Crippen LogP contribution in [0.3, 0.4) is 0 Å². The van der Waals surface area contributed by atoms with Crippen LogP contribution < -0.4 is 5.32 Å². The Labute approximate surface area is 106 Å². The van der Waals surface area contributed by atoms with E-state index in [0.717, 1.165) is 5.56 Å². The fourth-order valence-electron chi connectivity index (χ4n) is 2.11. The summed E-state index contributed by atoms with van der Waals surface area (Å²) in [7, 11) is 1.95. The monoisotopic (exact) mass is 287 g/mol. The maximum absolute atomic E-state index is 13.1. The van der Waals surface area contributed by atoms with Crippen molar-refractivity contribution in [3.05, 3.63) is 34.1 Å². The lowest BCUT2D eigenvalue weighted by molar-refractivity contribution is 0.383. The van der Waals surface area contributed by atoms with Crippen LogP contribution in [0.1, 0.15) is 38.3 Å². The fraction of sp³-hybridized carbons (Fsp3) is 0.538. The topological polar surface area (TPSA) is 12.0 Å². The summed E-state index contributed by atoms with van der Waals surface area (Å²) >= 11 is 3.23. The number of benzene rings is 1. The van der Waals surface area contributed by atoms with Crippen LogP contribution in [0.15, 0.2) is 22.7 Å². The Morgan fingerprint density at radius 3 is 2.62 bits per heavy atom. The molecule has 0 fully saturated rings. The van der Waals surface area contributed by atoms with E-state index in [4.69, 9.17) is 0 Å². The molecular weight excluding hydrogens is 269 g/mol. The Morgan fingerprint density at radius 2 is 2.12 bits per heavy atom. The van der Waals surface area contributed by atoms with Crippen molar-refractivity contribution >= 4 is 15.9 Å². The quantitative estimate of drug-likeness (QED) is 0.852. The highest BCUT2D eigenvalue weighted by molar-refractivity contribution is 9.10. The summed E-state index contributed by atoms with van der Waals surface area (Å²) in [6.45, 7) is 4.41. The molecule has 0 bridgehead atoms. The Morgan fingerprint density at radius 1 is 1.44 bits per heavy atom. The summed E-state index contributed by atoms with van der Waals surface area (Å²) in [5, 5.41) is 3.31. The van der Waals surface area contributed by atoms with Crippen LogP contribution in [0.25, 0.3) is 0 Å². The van der Waals surface area contributed by atoms with E-state index in [1.54, 1.807) is 0 Å². The van der Waals surface area contributed by atoms with Crippen LogP contribution in [-0.2, 0) is 0 Å². The number of hydrogen-bond acceptors (Lipinski definition) is 1. The van der Waals surface area contributed by atoms with Gasteiger partial charge in [-0.3, -0.25) is 0 Å². The van der Waals surface area contributed by atoms with Gasteiger partial charge in [0.05, 0.1) is 4.47 Å². The SMILES string of the molecule is CCCC(C)C(NC)c1ccc(F)c(Br)c1. The van der Waals surface area contributed by atoms with Gasteiger partial charge in [-0.1, -0.05) is 26.3 Å². The maximum Gasteiger partial charge on any atom is 0.137 e. The van der Waals surface area contributed by atoms with E-state index in [9.17, 15) is 4.39 Å². The molecule has 3 heteroatoms. The van der Waals surface area contributed by atoms with E-state index < -0.39 is 0 Å². The smallest absolute Gasteiger partial charge is 0.137 e. The molecule has 1 aromatic rings. The van der Waals surface area contributed by atoms with Gasteiger partial charge in [0.2, 0.25) is 0 Å². The van der Waals surface area contributed by atoms with E-state index in [1.165, 1.54) is 18.9 Å². The third-order valence-corrected chi connectivity index (χ3v) is 3.53. The zero-order valence-corrected chi connectivity index (χ0v) is 11.6. The van der Waals surface area contributed by atoms with Gasteiger partial charge in [-0.05, 0) is 53.0 Å². The molecule has 0 saturated carbocycles. The van der Waals surface area contributed by atoms with Gasteiger partial charge in [-0.15, -0.1) is 0 Å². The molecule has 1 nitrogen and oxygen atoms in total. The maximum atomic E-state index is 13.1. The normalized spacial score (nSPS) is 14.8. The minimum Gasteiger partial charge on any atom is -0.313 e.